The number of hydrogen-bond acceptors (Lipinski definition) is 3. The first-order valence-electron chi connectivity index (χ1n) is 5.13. The Balaban J connectivity index is 2.62. The fourth-order valence-corrected chi connectivity index (χ4v) is 1.68. The SMILES string of the molecule is CCNc1ccc2oc(=O)n(CC)c2c1. The zero-order valence-corrected chi connectivity index (χ0v) is 8.91. The molecule has 0 saturated heterocycles. The molecule has 4 nitrogen and oxygen atoms in total. The molecule has 0 spiro atoms. The highest BCUT2D eigenvalue weighted by Crippen LogP contribution is 2.18. The molecule has 0 bridgehead atoms. The first-order chi connectivity index (χ1) is 7.26. The van der Waals surface area contributed by atoms with Gasteiger partial charge in [0, 0.05) is 18.8 Å². The summed E-state index contributed by atoms with van der Waals surface area (Å²) in [6.07, 6.45) is 0. The summed E-state index contributed by atoms with van der Waals surface area (Å²) >= 11 is 0. The summed E-state index contributed by atoms with van der Waals surface area (Å²) < 4.78 is 6.72. The van der Waals surface area contributed by atoms with Crippen molar-refractivity contribution in [3.63, 3.8) is 0 Å². The number of aromatic nitrogens is 1. The Morgan fingerprint density at radius 1 is 1.40 bits per heavy atom. The van der Waals surface area contributed by atoms with Crippen molar-refractivity contribution in [2.24, 2.45) is 0 Å². The van der Waals surface area contributed by atoms with E-state index in [9.17, 15) is 4.79 Å². The van der Waals surface area contributed by atoms with E-state index in [-0.39, 0.29) is 5.76 Å². The monoisotopic (exact) mass is 206 g/mol. The Labute approximate surface area is 87.5 Å². The van der Waals surface area contributed by atoms with Crippen LogP contribution in [0.4, 0.5) is 5.69 Å². The zero-order valence-electron chi connectivity index (χ0n) is 8.91. The van der Waals surface area contributed by atoms with Gasteiger partial charge in [-0.25, -0.2) is 4.79 Å². The number of rotatable bonds is 3. The minimum absolute atomic E-state index is 0.291. The predicted molar refractivity (Wildman–Crippen MR) is 60.3 cm³/mol. The lowest BCUT2D eigenvalue weighted by molar-refractivity contribution is 0.513. The third-order valence-electron chi connectivity index (χ3n) is 2.36. The molecular formula is C11H14N2O2. The van der Waals surface area contributed by atoms with E-state index in [1.165, 1.54) is 0 Å². The number of benzene rings is 1. The van der Waals surface area contributed by atoms with Crippen LogP contribution in [-0.2, 0) is 6.54 Å². The lowest BCUT2D eigenvalue weighted by Gasteiger charge is -2.02. The minimum Gasteiger partial charge on any atom is -0.408 e. The standard InChI is InChI=1S/C11H14N2O2/c1-3-12-8-5-6-10-9(7-8)13(4-2)11(14)15-10/h5-7,12H,3-4H2,1-2H3. The van der Waals surface area contributed by atoms with Crippen LogP contribution in [0, 0.1) is 0 Å². The third-order valence-corrected chi connectivity index (χ3v) is 2.36. The van der Waals surface area contributed by atoms with Gasteiger partial charge in [-0.1, -0.05) is 0 Å². The maximum atomic E-state index is 11.4. The Kier molecular flexibility index (Phi) is 2.49. The second-order valence-corrected chi connectivity index (χ2v) is 3.33. The number of hydrogen-bond donors (Lipinski definition) is 1. The van der Waals surface area contributed by atoms with Crippen LogP contribution in [0.1, 0.15) is 13.8 Å². The van der Waals surface area contributed by atoms with Gasteiger partial charge in [0.15, 0.2) is 5.58 Å². The van der Waals surface area contributed by atoms with Crippen LogP contribution >= 0.6 is 0 Å². The van der Waals surface area contributed by atoms with E-state index in [1.807, 2.05) is 32.0 Å². The Morgan fingerprint density at radius 3 is 2.87 bits per heavy atom. The van der Waals surface area contributed by atoms with Gasteiger partial charge in [0.05, 0.1) is 5.52 Å². The molecule has 0 aliphatic heterocycles. The summed E-state index contributed by atoms with van der Waals surface area (Å²) in [6.45, 7) is 5.45. The Morgan fingerprint density at radius 2 is 2.20 bits per heavy atom. The quantitative estimate of drug-likeness (QED) is 0.836. The Bertz CT molecular complexity index is 525. The van der Waals surface area contributed by atoms with E-state index < -0.39 is 0 Å². The molecule has 0 aliphatic carbocycles. The van der Waals surface area contributed by atoms with Crippen molar-refractivity contribution in [1.29, 1.82) is 0 Å². The summed E-state index contributed by atoms with van der Waals surface area (Å²) in [5.41, 5.74) is 2.50. The van der Waals surface area contributed by atoms with Gasteiger partial charge in [-0.3, -0.25) is 4.57 Å². The van der Waals surface area contributed by atoms with Crippen LogP contribution in [0.5, 0.6) is 0 Å². The molecule has 1 aromatic heterocycles. The van der Waals surface area contributed by atoms with Crippen LogP contribution in [-0.4, -0.2) is 11.1 Å². The molecule has 0 saturated carbocycles. The summed E-state index contributed by atoms with van der Waals surface area (Å²) in [5, 5.41) is 3.20. The van der Waals surface area contributed by atoms with Gasteiger partial charge in [-0.05, 0) is 32.0 Å². The van der Waals surface area contributed by atoms with E-state index in [4.69, 9.17) is 4.42 Å². The molecule has 0 amide bonds. The van der Waals surface area contributed by atoms with Crippen molar-refractivity contribution in [3.05, 3.63) is 28.7 Å². The average molecular weight is 206 g/mol. The van der Waals surface area contributed by atoms with Crippen molar-refractivity contribution in [2.45, 2.75) is 20.4 Å². The fourth-order valence-electron chi connectivity index (χ4n) is 1.68. The largest absolute Gasteiger partial charge is 0.419 e. The minimum atomic E-state index is -0.291. The second-order valence-electron chi connectivity index (χ2n) is 3.33. The molecular weight excluding hydrogens is 192 g/mol. The third kappa shape index (κ3) is 1.63. The first-order valence-corrected chi connectivity index (χ1v) is 5.13. The van der Waals surface area contributed by atoms with Gasteiger partial charge in [-0.15, -0.1) is 0 Å². The summed E-state index contributed by atoms with van der Waals surface area (Å²) in [6, 6.07) is 5.67. The Hall–Kier alpha value is -1.71. The average Bonchev–Trinajstić information content (AvgIpc) is 2.53. The summed E-state index contributed by atoms with van der Waals surface area (Å²) in [7, 11) is 0. The van der Waals surface area contributed by atoms with Gasteiger partial charge in [0.25, 0.3) is 0 Å². The lowest BCUT2D eigenvalue weighted by atomic mass is 10.3. The molecule has 1 heterocycles. The molecule has 2 aromatic rings. The van der Waals surface area contributed by atoms with Crippen LogP contribution in [0.15, 0.2) is 27.4 Å². The van der Waals surface area contributed by atoms with Gasteiger partial charge < -0.3 is 9.73 Å². The summed E-state index contributed by atoms with van der Waals surface area (Å²) in [4.78, 5) is 11.4. The zero-order chi connectivity index (χ0) is 10.8. The van der Waals surface area contributed by atoms with Crippen molar-refractivity contribution in [3.8, 4) is 0 Å². The van der Waals surface area contributed by atoms with E-state index >= 15 is 0 Å². The number of oxazole rings is 1. The van der Waals surface area contributed by atoms with Crippen molar-refractivity contribution >= 4 is 16.8 Å². The molecule has 0 radical (unpaired) electrons. The lowest BCUT2D eigenvalue weighted by Crippen LogP contribution is -2.12. The first kappa shape index (κ1) is 9.83. The molecule has 1 N–H and O–H groups in total. The van der Waals surface area contributed by atoms with E-state index in [2.05, 4.69) is 5.32 Å². The van der Waals surface area contributed by atoms with Crippen LogP contribution in [0.3, 0.4) is 0 Å². The summed E-state index contributed by atoms with van der Waals surface area (Å²) in [5.74, 6) is -0.291. The van der Waals surface area contributed by atoms with Gasteiger partial charge in [0.1, 0.15) is 0 Å². The molecule has 0 fully saturated rings. The van der Waals surface area contributed by atoms with Crippen molar-refractivity contribution in [2.75, 3.05) is 11.9 Å². The van der Waals surface area contributed by atoms with E-state index in [1.54, 1.807) is 4.57 Å². The van der Waals surface area contributed by atoms with Gasteiger partial charge >= 0.3 is 5.76 Å². The normalized spacial score (nSPS) is 10.8. The molecule has 0 atom stereocenters. The van der Waals surface area contributed by atoms with Gasteiger partial charge in [0.2, 0.25) is 0 Å². The smallest absolute Gasteiger partial charge is 0.408 e. The number of aryl methyl sites for hydroxylation is 1. The van der Waals surface area contributed by atoms with Gasteiger partial charge in [-0.2, -0.15) is 0 Å². The topological polar surface area (TPSA) is 47.2 Å². The number of fused-ring (bicyclic) bond motifs is 1. The highest BCUT2D eigenvalue weighted by molar-refractivity contribution is 5.77. The van der Waals surface area contributed by atoms with Crippen LogP contribution in [0.25, 0.3) is 11.1 Å². The maximum absolute atomic E-state index is 11.4. The van der Waals surface area contributed by atoms with Crippen LogP contribution < -0.4 is 11.1 Å². The molecule has 4 heteroatoms. The highest BCUT2D eigenvalue weighted by atomic mass is 16.4. The van der Waals surface area contributed by atoms with Crippen LogP contribution in [0.2, 0.25) is 0 Å². The molecule has 1 aromatic carbocycles. The second kappa shape index (κ2) is 3.81. The van der Waals surface area contributed by atoms with E-state index in [0.29, 0.717) is 12.1 Å². The van der Waals surface area contributed by atoms with E-state index in [0.717, 1.165) is 17.7 Å². The molecule has 80 valence electrons. The van der Waals surface area contributed by atoms with Crippen molar-refractivity contribution in [1.82, 2.24) is 4.57 Å². The molecule has 0 aliphatic rings. The number of anilines is 1. The molecule has 2 rings (SSSR count). The number of nitrogens with zero attached hydrogens (tertiary/aromatic N) is 1. The maximum Gasteiger partial charge on any atom is 0.419 e. The fraction of sp³-hybridized carbons (Fsp3) is 0.364. The van der Waals surface area contributed by atoms with Crippen molar-refractivity contribution < 1.29 is 4.42 Å². The molecule has 15 heavy (non-hydrogen) atoms. The molecule has 0 unspecified atom stereocenters. The number of nitrogens with one attached hydrogen (secondary N) is 1. The predicted octanol–water partition coefficient (Wildman–Crippen LogP) is 2.05. The highest BCUT2D eigenvalue weighted by Gasteiger charge is 2.07.